The second kappa shape index (κ2) is 10.1. The lowest BCUT2D eigenvalue weighted by molar-refractivity contribution is -0.120. The van der Waals surface area contributed by atoms with Crippen molar-refractivity contribution in [2.75, 3.05) is 18.6 Å². The van der Waals surface area contributed by atoms with Gasteiger partial charge in [-0.2, -0.15) is 11.8 Å². The van der Waals surface area contributed by atoms with Gasteiger partial charge in [0, 0.05) is 24.8 Å². The van der Waals surface area contributed by atoms with Crippen molar-refractivity contribution in [3.8, 4) is 0 Å². The van der Waals surface area contributed by atoms with Crippen LogP contribution in [0.25, 0.3) is 0 Å². The normalized spacial score (nSPS) is 11.8. The summed E-state index contributed by atoms with van der Waals surface area (Å²) in [6.07, 6.45) is 2.55. The topological polar surface area (TPSA) is 55.1 Å². The van der Waals surface area contributed by atoms with Gasteiger partial charge >= 0.3 is 0 Å². The van der Waals surface area contributed by atoms with Crippen LogP contribution in [0.2, 0.25) is 0 Å². The van der Waals surface area contributed by atoms with Crippen LogP contribution in [0, 0.1) is 0 Å². The smallest absolute Gasteiger partial charge is 0.220 e. The van der Waals surface area contributed by atoms with E-state index in [1.807, 2.05) is 18.4 Å². The Hall–Kier alpha value is -0.710. The summed E-state index contributed by atoms with van der Waals surface area (Å²) in [5.41, 5.74) is 8.45. The first kappa shape index (κ1) is 19.3. The average molecular weight is 317 g/mol. The SMILES string of the molecule is CSCCC(=O)NCC(N)c1ccc(C(C)C)cc1.Cl. The minimum absolute atomic E-state index is 0. The Morgan fingerprint density at radius 1 is 1.25 bits per heavy atom. The fraction of sp³-hybridized carbons (Fsp3) is 0.533. The second-order valence-corrected chi connectivity index (χ2v) is 5.96. The van der Waals surface area contributed by atoms with E-state index in [-0.39, 0.29) is 24.4 Å². The highest BCUT2D eigenvalue weighted by Crippen LogP contribution is 2.17. The molecule has 1 atom stereocenters. The van der Waals surface area contributed by atoms with Gasteiger partial charge in [-0.25, -0.2) is 0 Å². The number of amides is 1. The summed E-state index contributed by atoms with van der Waals surface area (Å²) in [5, 5.41) is 2.88. The van der Waals surface area contributed by atoms with Crippen LogP contribution >= 0.6 is 24.2 Å². The Bertz CT molecular complexity index is 395. The van der Waals surface area contributed by atoms with Gasteiger partial charge < -0.3 is 11.1 Å². The molecule has 0 aromatic heterocycles. The van der Waals surface area contributed by atoms with Gasteiger partial charge in [0.2, 0.25) is 5.91 Å². The van der Waals surface area contributed by atoms with Crippen LogP contribution in [0.1, 0.15) is 43.4 Å². The van der Waals surface area contributed by atoms with Crippen LogP contribution in [0.5, 0.6) is 0 Å². The fourth-order valence-electron chi connectivity index (χ4n) is 1.75. The first-order valence-corrected chi connectivity index (χ1v) is 8.05. The van der Waals surface area contributed by atoms with Crippen molar-refractivity contribution in [3.05, 3.63) is 35.4 Å². The quantitative estimate of drug-likeness (QED) is 0.812. The molecule has 1 aromatic carbocycles. The lowest BCUT2D eigenvalue weighted by Gasteiger charge is -2.14. The van der Waals surface area contributed by atoms with Gasteiger partial charge in [0.25, 0.3) is 0 Å². The van der Waals surface area contributed by atoms with Gasteiger partial charge in [-0.05, 0) is 23.3 Å². The number of benzene rings is 1. The summed E-state index contributed by atoms with van der Waals surface area (Å²) in [4.78, 5) is 11.5. The molecule has 1 amide bonds. The molecule has 5 heteroatoms. The molecule has 0 aliphatic rings. The van der Waals surface area contributed by atoms with Gasteiger partial charge in [-0.15, -0.1) is 12.4 Å². The predicted molar refractivity (Wildman–Crippen MR) is 90.7 cm³/mol. The summed E-state index contributed by atoms with van der Waals surface area (Å²) in [6, 6.07) is 8.17. The van der Waals surface area contributed by atoms with Gasteiger partial charge in [-0.3, -0.25) is 4.79 Å². The van der Waals surface area contributed by atoms with Crippen LogP contribution in [0.4, 0.5) is 0 Å². The van der Waals surface area contributed by atoms with Crippen LogP contribution in [0.15, 0.2) is 24.3 Å². The van der Waals surface area contributed by atoms with Crippen molar-refractivity contribution in [2.24, 2.45) is 5.73 Å². The number of rotatable bonds is 7. The number of nitrogens with two attached hydrogens (primary N) is 1. The van der Waals surface area contributed by atoms with Crippen molar-refractivity contribution < 1.29 is 4.79 Å². The fourth-order valence-corrected chi connectivity index (χ4v) is 2.14. The Balaban J connectivity index is 0.00000361. The monoisotopic (exact) mass is 316 g/mol. The lowest BCUT2D eigenvalue weighted by Crippen LogP contribution is -2.32. The standard InChI is InChI=1S/C15H24N2OS.ClH/c1-11(2)12-4-6-13(7-5-12)14(16)10-17-15(18)8-9-19-3;/h4-7,11,14H,8-10,16H2,1-3H3,(H,17,18);1H. The average Bonchev–Trinajstić information content (AvgIpc) is 2.42. The van der Waals surface area contributed by atoms with Crippen LogP contribution in [0.3, 0.4) is 0 Å². The molecular formula is C15H25ClN2OS. The van der Waals surface area contributed by atoms with Crippen molar-refractivity contribution in [3.63, 3.8) is 0 Å². The molecule has 0 aliphatic carbocycles. The van der Waals surface area contributed by atoms with Crippen molar-refractivity contribution >= 4 is 30.1 Å². The van der Waals surface area contributed by atoms with Crippen LogP contribution in [-0.4, -0.2) is 24.5 Å². The van der Waals surface area contributed by atoms with Crippen molar-refractivity contribution in [2.45, 2.75) is 32.2 Å². The van der Waals surface area contributed by atoms with Gasteiger partial charge in [0.1, 0.15) is 0 Å². The van der Waals surface area contributed by atoms with E-state index in [0.717, 1.165) is 11.3 Å². The highest BCUT2D eigenvalue weighted by atomic mass is 35.5. The Labute approximate surface area is 132 Å². The molecule has 1 aromatic rings. The maximum absolute atomic E-state index is 11.5. The molecule has 0 fully saturated rings. The van der Waals surface area contributed by atoms with E-state index in [0.29, 0.717) is 18.9 Å². The number of thioether (sulfide) groups is 1. The van der Waals surface area contributed by atoms with Gasteiger partial charge in [0.05, 0.1) is 0 Å². The minimum atomic E-state index is -0.139. The molecular weight excluding hydrogens is 292 g/mol. The van der Waals surface area contributed by atoms with Crippen LogP contribution < -0.4 is 11.1 Å². The molecule has 3 nitrogen and oxygen atoms in total. The summed E-state index contributed by atoms with van der Waals surface area (Å²) in [6.45, 7) is 4.83. The molecule has 0 saturated carbocycles. The summed E-state index contributed by atoms with van der Waals surface area (Å²) in [7, 11) is 0. The maximum atomic E-state index is 11.5. The molecule has 114 valence electrons. The highest BCUT2D eigenvalue weighted by Gasteiger charge is 2.08. The van der Waals surface area contributed by atoms with Gasteiger partial charge in [0.15, 0.2) is 0 Å². The molecule has 1 rings (SSSR count). The van der Waals surface area contributed by atoms with E-state index < -0.39 is 0 Å². The first-order chi connectivity index (χ1) is 9.04. The van der Waals surface area contributed by atoms with E-state index >= 15 is 0 Å². The van der Waals surface area contributed by atoms with Gasteiger partial charge in [-0.1, -0.05) is 38.1 Å². The Morgan fingerprint density at radius 3 is 2.30 bits per heavy atom. The maximum Gasteiger partial charge on any atom is 0.220 e. The number of halogens is 1. The Morgan fingerprint density at radius 2 is 1.80 bits per heavy atom. The van der Waals surface area contributed by atoms with E-state index in [2.05, 4.69) is 31.3 Å². The molecule has 0 bridgehead atoms. The zero-order valence-corrected chi connectivity index (χ0v) is 14.0. The zero-order chi connectivity index (χ0) is 14.3. The predicted octanol–water partition coefficient (Wildman–Crippen LogP) is 3.10. The second-order valence-electron chi connectivity index (χ2n) is 4.97. The molecule has 0 spiro atoms. The molecule has 0 radical (unpaired) electrons. The number of hydrogen-bond donors (Lipinski definition) is 2. The van der Waals surface area contributed by atoms with Crippen LogP contribution in [-0.2, 0) is 4.79 Å². The first-order valence-electron chi connectivity index (χ1n) is 6.65. The van der Waals surface area contributed by atoms with E-state index in [1.165, 1.54) is 5.56 Å². The molecule has 3 N–H and O–H groups in total. The molecule has 20 heavy (non-hydrogen) atoms. The summed E-state index contributed by atoms with van der Waals surface area (Å²) < 4.78 is 0. The third-order valence-electron chi connectivity index (χ3n) is 3.08. The third-order valence-corrected chi connectivity index (χ3v) is 3.70. The molecule has 0 saturated heterocycles. The van der Waals surface area contributed by atoms with E-state index in [1.54, 1.807) is 11.8 Å². The molecule has 1 unspecified atom stereocenters. The highest BCUT2D eigenvalue weighted by molar-refractivity contribution is 7.98. The largest absolute Gasteiger partial charge is 0.354 e. The summed E-state index contributed by atoms with van der Waals surface area (Å²) >= 11 is 1.67. The summed E-state index contributed by atoms with van der Waals surface area (Å²) in [5.74, 6) is 1.45. The third kappa shape index (κ3) is 6.64. The van der Waals surface area contributed by atoms with E-state index in [4.69, 9.17) is 5.73 Å². The number of carbonyl (C=O) groups excluding carboxylic acids is 1. The van der Waals surface area contributed by atoms with Crippen molar-refractivity contribution in [1.29, 1.82) is 0 Å². The van der Waals surface area contributed by atoms with E-state index in [9.17, 15) is 4.79 Å². The molecule has 0 aliphatic heterocycles. The minimum Gasteiger partial charge on any atom is -0.354 e. The number of carbonyl (C=O) groups is 1. The Kier molecular flexibility index (Phi) is 9.72. The number of nitrogens with one attached hydrogen (secondary N) is 1. The zero-order valence-electron chi connectivity index (χ0n) is 12.4. The number of hydrogen-bond acceptors (Lipinski definition) is 3. The van der Waals surface area contributed by atoms with Crippen molar-refractivity contribution in [1.82, 2.24) is 5.32 Å². The lowest BCUT2D eigenvalue weighted by atomic mass is 9.99. The molecule has 0 heterocycles.